The van der Waals surface area contributed by atoms with Crippen molar-refractivity contribution in [2.45, 2.75) is 32.9 Å². The lowest BCUT2D eigenvalue weighted by atomic mass is 10.2. The molecular formula is C16H21NO4. The summed E-state index contributed by atoms with van der Waals surface area (Å²) in [6.45, 7) is 6.20. The standard InChI is InChI=1S/C16H21NO4/c1-10(2)17-8-13(19)9-20-14-4-5-15-12(6-14)7-16(21-15)11(3)18/h4-7,10,13,17,19H,8-9H2,1-3H3. The highest BCUT2D eigenvalue weighted by atomic mass is 16.5. The SMILES string of the molecule is CC(=O)c1cc2cc(OCC(O)CNC(C)C)ccc2o1. The fraction of sp³-hybridized carbons (Fsp3) is 0.438. The number of carbonyl (C=O) groups excluding carboxylic acids is 1. The van der Waals surface area contributed by atoms with Crippen LogP contribution in [0.15, 0.2) is 28.7 Å². The first-order chi connectivity index (χ1) is 9.95. The molecule has 2 rings (SSSR count). The number of ketones is 1. The molecule has 1 atom stereocenters. The highest BCUT2D eigenvalue weighted by Crippen LogP contribution is 2.24. The summed E-state index contributed by atoms with van der Waals surface area (Å²) in [4.78, 5) is 11.3. The van der Waals surface area contributed by atoms with Crippen LogP contribution in [0.4, 0.5) is 0 Å². The van der Waals surface area contributed by atoms with Gasteiger partial charge in [0.1, 0.15) is 24.0 Å². The van der Waals surface area contributed by atoms with Gasteiger partial charge >= 0.3 is 0 Å². The van der Waals surface area contributed by atoms with Crippen LogP contribution < -0.4 is 10.1 Å². The van der Waals surface area contributed by atoms with Gasteiger partial charge in [0.25, 0.3) is 0 Å². The van der Waals surface area contributed by atoms with Crippen molar-refractivity contribution in [2.24, 2.45) is 0 Å². The van der Waals surface area contributed by atoms with Crippen LogP contribution in [0, 0.1) is 0 Å². The number of hydrogen-bond acceptors (Lipinski definition) is 5. The molecule has 0 spiro atoms. The summed E-state index contributed by atoms with van der Waals surface area (Å²) < 4.78 is 11.0. The number of benzene rings is 1. The van der Waals surface area contributed by atoms with E-state index in [0.717, 1.165) is 5.39 Å². The highest BCUT2D eigenvalue weighted by Gasteiger charge is 2.10. The van der Waals surface area contributed by atoms with Crippen molar-refractivity contribution in [2.75, 3.05) is 13.2 Å². The van der Waals surface area contributed by atoms with Crippen LogP contribution in [0.1, 0.15) is 31.3 Å². The zero-order chi connectivity index (χ0) is 15.4. The zero-order valence-corrected chi connectivity index (χ0v) is 12.6. The summed E-state index contributed by atoms with van der Waals surface area (Å²) in [5, 5.41) is 13.8. The number of rotatable bonds is 7. The van der Waals surface area contributed by atoms with Crippen molar-refractivity contribution < 1.29 is 19.1 Å². The minimum atomic E-state index is -0.569. The molecule has 0 saturated carbocycles. The largest absolute Gasteiger partial charge is 0.491 e. The summed E-state index contributed by atoms with van der Waals surface area (Å²) in [6, 6.07) is 7.34. The number of aliphatic hydroxyl groups is 1. The first kappa shape index (κ1) is 15.5. The van der Waals surface area contributed by atoms with Crippen LogP contribution in [0.2, 0.25) is 0 Å². The van der Waals surface area contributed by atoms with Crippen molar-refractivity contribution >= 4 is 16.8 Å². The van der Waals surface area contributed by atoms with E-state index in [1.165, 1.54) is 6.92 Å². The van der Waals surface area contributed by atoms with Crippen molar-refractivity contribution in [3.8, 4) is 5.75 Å². The summed E-state index contributed by atoms with van der Waals surface area (Å²) in [6.07, 6.45) is -0.569. The zero-order valence-electron chi connectivity index (χ0n) is 12.6. The Morgan fingerprint density at radius 2 is 2.14 bits per heavy atom. The van der Waals surface area contributed by atoms with Gasteiger partial charge in [-0.3, -0.25) is 4.79 Å². The van der Waals surface area contributed by atoms with E-state index in [9.17, 15) is 9.90 Å². The minimum Gasteiger partial charge on any atom is -0.491 e. The third kappa shape index (κ3) is 4.31. The molecule has 5 nitrogen and oxygen atoms in total. The van der Waals surface area contributed by atoms with E-state index in [0.29, 0.717) is 29.7 Å². The van der Waals surface area contributed by atoms with Crippen molar-refractivity contribution in [3.63, 3.8) is 0 Å². The van der Waals surface area contributed by atoms with E-state index in [2.05, 4.69) is 5.32 Å². The van der Waals surface area contributed by atoms with E-state index in [4.69, 9.17) is 9.15 Å². The number of hydrogen-bond donors (Lipinski definition) is 2. The lowest BCUT2D eigenvalue weighted by molar-refractivity contribution is 0.0989. The van der Waals surface area contributed by atoms with Gasteiger partial charge in [-0.25, -0.2) is 0 Å². The van der Waals surface area contributed by atoms with Crippen LogP contribution in [0.3, 0.4) is 0 Å². The molecule has 1 unspecified atom stereocenters. The molecule has 1 aromatic heterocycles. The first-order valence-corrected chi connectivity index (χ1v) is 7.04. The van der Waals surface area contributed by atoms with Gasteiger partial charge in [0.05, 0.1) is 0 Å². The Balaban J connectivity index is 1.97. The van der Waals surface area contributed by atoms with Crippen molar-refractivity contribution in [1.29, 1.82) is 0 Å². The molecule has 0 fully saturated rings. The van der Waals surface area contributed by atoms with Gasteiger partial charge in [-0.2, -0.15) is 0 Å². The molecule has 1 aromatic carbocycles. The van der Waals surface area contributed by atoms with Crippen molar-refractivity contribution in [3.05, 3.63) is 30.0 Å². The second-order valence-corrected chi connectivity index (χ2v) is 5.39. The summed E-state index contributed by atoms with van der Waals surface area (Å²) >= 11 is 0. The van der Waals surface area contributed by atoms with Gasteiger partial charge < -0.3 is 19.6 Å². The minimum absolute atomic E-state index is 0.108. The molecule has 0 aliphatic carbocycles. The lowest BCUT2D eigenvalue weighted by Gasteiger charge is -2.14. The molecule has 5 heteroatoms. The number of fused-ring (bicyclic) bond motifs is 1. The van der Waals surface area contributed by atoms with Gasteiger partial charge in [0.15, 0.2) is 11.5 Å². The Kier molecular flexibility index (Phi) is 4.98. The van der Waals surface area contributed by atoms with Crippen LogP contribution in [0.25, 0.3) is 11.0 Å². The summed E-state index contributed by atoms with van der Waals surface area (Å²) in [5.41, 5.74) is 0.648. The Morgan fingerprint density at radius 1 is 1.38 bits per heavy atom. The van der Waals surface area contributed by atoms with Gasteiger partial charge in [-0.1, -0.05) is 13.8 Å². The molecule has 0 aliphatic rings. The molecule has 2 N–H and O–H groups in total. The molecule has 0 amide bonds. The third-order valence-electron chi connectivity index (χ3n) is 3.04. The maximum absolute atomic E-state index is 11.3. The van der Waals surface area contributed by atoms with Gasteiger partial charge in [-0.05, 0) is 24.3 Å². The maximum atomic E-state index is 11.3. The summed E-state index contributed by atoms with van der Waals surface area (Å²) in [7, 11) is 0. The fourth-order valence-corrected chi connectivity index (χ4v) is 1.91. The van der Waals surface area contributed by atoms with Crippen LogP contribution in [-0.2, 0) is 0 Å². The molecule has 1 heterocycles. The second-order valence-electron chi connectivity index (χ2n) is 5.39. The average molecular weight is 291 g/mol. The van der Waals surface area contributed by atoms with E-state index in [-0.39, 0.29) is 12.4 Å². The number of aliphatic hydroxyl groups excluding tert-OH is 1. The molecule has 0 aliphatic heterocycles. The average Bonchev–Trinajstić information content (AvgIpc) is 2.86. The number of nitrogens with one attached hydrogen (secondary N) is 1. The number of carbonyl (C=O) groups is 1. The second kappa shape index (κ2) is 6.74. The topological polar surface area (TPSA) is 71.7 Å². The van der Waals surface area contributed by atoms with Crippen LogP contribution >= 0.6 is 0 Å². The lowest BCUT2D eigenvalue weighted by Crippen LogP contribution is -2.35. The van der Waals surface area contributed by atoms with Crippen LogP contribution in [-0.4, -0.2) is 36.2 Å². The van der Waals surface area contributed by atoms with E-state index >= 15 is 0 Å². The molecule has 0 bridgehead atoms. The smallest absolute Gasteiger partial charge is 0.194 e. The third-order valence-corrected chi connectivity index (χ3v) is 3.04. The number of Topliss-reactive ketones (excluding diaryl/α,β-unsaturated/α-hetero) is 1. The Morgan fingerprint density at radius 3 is 2.81 bits per heavy atom. The molecule has 21 heavy (non-hydrogen) atoms. The normalized spacial score (nSPS) is 12.8. The Labute approximate surface area is 123 Å². The monoisotopic (exact) mass is 291 g/mol. The number of ether oxygens (including phenoxy) is 1. The predicted molar refractivity (Wildman–Crippen MR) is 80.9 cm³/mol. The highest BCUT2D eigenvalue weighted by molar-refractivity contribution is 5.96. The first-order valence-electron chi connectivity index (χ1n) is 7.04. The van der Waals surface area contributed by atoms with Gasteiger partial charge in [0.2, 0.25) is 0 Å². The van der Waals surface area contributed by atoms with E-state index in [1.54, 1.807) is 24.3 Å². The van der Waals surface area contributed by atoms with Gasteiger partial charge in [-0.15, -0.1) is 0 Å². The summed E-state index contributed by atoms with van der Waals surface area (Å²) in [5.74, 6) is 0.870. The molecule has 114 valence electrons. The predicted octanol–water partition coefficient (Wildman–Crippen LogP) is 2.37. The van der Waals surface area contributed by atoms with Crippen molar-refractivity contribution in [1.82, 2.24) is 5.32 Å². The Hall–Kier alpha value is -1.85. The molecule has 2 aromatic rings. The van der Waals surface area contributed by atoms with E-state index < -0.39 is 6.10 Å². The molecule has 0 saturated heterocycles. The van der Waals surface area contributed by atoms with Crippen LogP contribution in [0.5, 0.6) is 5.75 Å². The quantitative estimate of drug-likeness (QED) is 0.766. The van der Waals surface area contributed by atoms with Gasteiger partial charge in [0, 0.05) is 24.9 Å². The maximum Gasteiger partial charge on any atom is 0.194 e. The fourth-order valence-electron chi connectivity index (χ4n) is 1.91. The number of furan rings is 1. The molecule has 0 radical (unpaired) electrons. The molecular weight excluding hydrogens is 270 g/mol. The Bertz CT molecular complexity index is 618. The van der Waals surface area contributed by atoms with E-state index in [1.807, 2.05) is 13.8 Å².